The average Bonchev–Trinajstić information content (AvgIpc) is 2.43. The molecule has 2 rings (SSSR count). The van der Waals surface area contributed by atoms with E-state index in [0.717, 1.165) is 4.90 Å². The highest BCUT2D eigenvalue weighted by atomic mass is 35.5. The number of hydrazine groups is 1. The average molecular weight is 298 g/mol. The minimum atomic E-state index is -0.370. The number of nitrogens with two attached hydrogens (primary N) is 1. The second-order valence-corrected chi connectivity index (χ2v) is 5.33. The molecule has 3 nitrogen and oxygen atoms in total. The molecule has 3 N–H and O–H groups in total. The van der Waals surface area contributed by atoms with Gasteiger partial charge in [-0.15, -0.1) is 11.8 Å². The van der Waals surface area contributed by atoms with Gasteiger partial charge in [-0.2, -0.15) is 0 Å². The normalized spacial score (nSPS) is 12.4. The summed E-state index contributed by atoms with van der Waals surface area (Å²) in [4.78, 5) is 4.67. The molecule has 0 aliphatic rings. The first-order chi connectivity index (χ1) is 9.22. The van der Waals surface area contributed by atoms with Crippen molar-refractivity contribution in [1.82, 2.24) is 10.4 Å². The maximum Gasteiger partial charge on any atom is 0.146 e. The molecule has 1 unspecified atom stereocenters. The summed E-state index contributed by atoms with van der Waals surface area (Å²) in [6.07, 6.45) is 2.72. The lowest BCUT2D eigenvalue weighted by Gasteiger charge is -2.16. The van der Waals surface area contributed by atoms with E-state index in [1.165, 1.54) is 18.0 Å². The Morgan fingerprint density at radius 3 is 2.84 bits per heavy atom. The minimum Gasteiger partial charge on any atom is -0.271 e. The summed E-state index contributed by atoms with van der Waals surface area (Å²) in [6, 6.07) is 8.84. The number of thioether (sulfide) groups is 1. The number of rotatable bonds is 5. The first-order valence-electron chi connectivity index (χ1n) is 5.65. The Balaban J connectivity index is 2.09. The molecular formula is C13H13ClFN3S. The number of benzene rings is 1. The number of nitrogens with one attached hydrogen (secondary N) is 1. The summed E-state index contributed by atoms with van der Waals surface area (Å²) in [7, 11) is 0. The van der Waals surface area contributed by atoms with Gasteiger partial charge in [-0.05, 0) is 18.2 Å². The van der Waals surface area contributed by atoms with E-state index < -0.39 is 0 Å². The summed E-state index contributed by atoms with van der Waals surface area (Å²) in [6.45, 7) is 0. The molecule has 0 saturated heterocycles. The van der Waals surface area contributed by atoms with Crippen LogP contribution < -0.4 is 11.3 Å². The number of pyridine rings is 1. The van der Waals surface area contributed by atoms with Crippen LogP contribution >= 0.6 is 23.4 Å². The third-order valence-corrected chi connectivity index (χ3v) is 4.23. The molecule has 100 valence electrons. The topological polar surface area (TPSA) is 50.9 Å². The molecule has 0 amide bonds. The molecule has 1 aromatic heterocycles. The highest BCUT2D eigenvalue weighted by Crippen LogP contribution is 2.30. The van der Waals surface area contributed by atoms with Crippen LogP contribution in [0.25, 0.3) is 0 Å². The molecular weight excluding hydrogens is 285 g/mol. The first kappa shape index (κ1) is 14.3. The Bertz CT molecular complexity index is 553. The third-order valence-electron chi connectivity index (χ3n) is 2.62. The summed E-state index contributed by atoms with van der Waals surface area (Å²) in [5, 5.41) is 0.679. The van der Waals surface area contributed by atoms with E-state index in [4.69, 9.17) is 17.4 Å². The summed E-state index contributed by atoms with van der Waals surface area (Å²) >= 11 is 7.59. The number of aromatic nitrogens is 1. The van der Waals surface area contributed by atoms with Crippen molar-refractivity contribution in [2.75, 3.05) is 5.75 Å². The molecule has 1 atom stereocenters. The van der Waals surface area contributed by atoms with Crippen LogP contribution in [-0.2, 0) is 0 Å². The molecule has 0 fully saturated rings. The van der Waals surface area contributed by atoms with Crippen molar-refractivity contribution in [2.24, 2.45) is 5.84 Å². The predicted octanol–water partition coefficient (Wildman–Crippen LogP) is 3.17. The highest BCUT2D eigenvalue weighted by molar-refractivity contribution is 7.99. The highest BCUT2D eigenvalue weighted by Gasteiger charge is 2.15. The molecule has 0 bridgehead atoms. The molecule has 6 heteroatoms. The zero-order valence-electron chi connectivity index (χ0n) is 10.0. The van der Waals surface area contributed by atoms with Crippen LogP contribution in [0.5, 0.6) is 0 Å². The fourth-order valence-electron chi connectivity index (χ4n) is 1.63. The Kier molecular flexibility index (Phi) is 5.15. The fourth-order valence-corrected chi connectivity index (χ4v) is 2.93. The van der Waals surface area contributed by atoms with Crippen LogP contribution in [0.3, 0.4) is 0 Å². The standard InChI is InChI=1S/C13H13ClFN3S/c14-10-3-1-2-4-13(10)19-8-12(18-16)9-5-6-17-7-11(9)15/h1-7,12,18H,8,16H2. The lowest BCUT2D eigenvalue weighted by atomic mass is 10.1. The van der Waals surface area contributed by atoms with Crippen molar-refractivity contribution >= 4 is 23.4 Å². The van der Waals surface area contributed by atoms with Gasteiger partial charge in [0.1, 0.15) is 5.82 Å². The van der Waals surface area contributed by atoms with Crippen molar-refractivity contribution in [3.8, 4) is 0 Å². The van der Waals surface area contributed by atoms with E-state index in [9.17, 15) is 4.39 Å². The summed E-state index contributed by atoms with van der Waals surface area (Å²) in [5.41, 5.74) is 3.11. The van der Waals surface area contributed by atoms with E-state index in [2.05, 4.69) is 10.4 Å². The minimum absolute atomic E-state index is 0.302. The van der Waals surface area contributed by atoms with Crippen molar-refractivity contribution in [2.45, 2.75) is 10.9 Å². The van der Waals surface area contributed by atoms with E-state index in [1.807, 2.05) is 24.3 Å². The zero-order valence-corrected chi connectivity index (χ0v) is 11.6. The fraction of sp³-hybridized carbons (Fsp3) is 0.154. The Hall–Kier alpha value is -1.14. The molecule has 0 saturated carbocycles. The van der Waals surface area contributed by atoms with Gasteiger partial charge in [0.25, 0.3) is 0 Å². The van der Waals surface area contributed by atoms with Crippen LogP contribution in [0, 0.1) is 5.82 Å². The van der Waals surface area contributed by atoms with Crippen molar-refractivity contribution in [3.63, 3.8) is 0 Å². The second-order valence-electron chi connectivity index (χ2n) is 3.86. The van der Waals surface area contributed by atoms with E-state index >= 15 is 0 Å². The number of nitrogens with zero attached hydrogens (tertiary/aromatic N) is 1. The molecule has 19 heavy (non-hydrogen) atoms. The van der Waals surface area contributed by atoms with Gasteiger partial charge in [-0.3, -0.25) is 16.3 Å². The smallest absolute Gasteiger partial charge is 0.146 e. The molecule has 0 spiro atoms. The SMILES string of the molecule is NNC(CSc1ccccc1Cl)c1ccncc1F. The Morgan fingerprint density at radius 1 is 1.37 bits per heavy atom. The lowest BCUT2D eigenvalue weighted by molar-refractivity contribution is 0.542. The summed E-state index contributed by atoms with van der Waals surface area (Å²) in [5.74, 6) is 5.69. The lowest BCUT2D eigenvalue weighted by Crippen LogP contribution is -2.30. The number of hydrogen-bond acceptors (Lipinski definition) is 4. The van der Waals surface area contributed by atoms with E-state index in [0.29, 0.717) is 16.3 Å². The molecule has 1 heterocycles. The number of halogens is 2. The second kappa shape index (κ2) is 6.86. The molecule has 2 aromatic rings. The van der Waals surface area contributed by atoms with Gasteiger partial charge in [0, 0.05) is 22.4 Å². The van der Waals surface area contributed by atoms with Crippen LogP contribution in [0.4, 0.5) is 4.39 Å². The maximum absolute atomic E-state index is 13.6. The van der Waals surface area contributed by atoms with Crippen molar-refractivity contribution in [3.05, 3.63) is 59.1 Å². The van der Waals surface area contributed by atoms with Crippen LogP contribution in [0.2, 0.25) is 5.02 Å². The van der Waals surface area contributed by atoms with Crippen LogP contribution in [0.15, 0.2) is 47.6 Å². The summed E-state index contributed by atoms with van der Waals surface area (Å²) < 4.78 is 13.6. The van der Waals surface area contributed by atoms with Gasteiger partial charge in [-0.25, -0.2) is 4.39 Å². The van der Waals surface area contributed by atoms with Crippen LogP contribution in [0.1, 0.15) is 11.6 Å². The number of hydrogen-bond donors (Lipinski definition) is 2. The Morgan fingerprint density at radius 2 is 2.16 bits per heavy atom. The van der Waals surface area contributed by atoms with Gasteiger partial charge in [-0.1, -0.05) is 23.7 Å². The van der Waals surface area contributed by atoms with Crippen molar-refractivity contribution < 1.29 is 4.39 Å². The quantitative estimate of drug-likeness (QED) is 0.506. The maximum atomic E-state index is 13.6. The Labute approximate surface area is 120 Å². The molecule has 1 aromatic carbocycles. The third kappa shape index (κ3) is 3.67. The largest absolute Gasteiger partial charge is 0.271 e. The van der Waals surface area contributed by atoms with Gasteiger partial charge < -0.3 is 0 Å². The van der Waals surface area contributed by atoms with E-state index in [1.54, 1.807) is 12.3 Å². The van der Waals surface area contributed by atoms with Crippen molar-refractivity contribution in [1.29, 1.82) is 0 Å². The van der Waals surface area contributed by atoms with Gasteiger partial charge >= 0.3 is 0 Å². The van der Waals surface area contributed by atoms with E-state index in [-0.39, 0.29) is 11.9 Å². The molecule has 0 aliphatic heterocycles. The van der Waals surface area contributed by atoms with Gasteiger partial charge in [0.2, 0.25) is 0 Å². The zero-order chi connectivity index (χ0) is 13.7. The van der Waals surface area contributed by atoms with Crippen LogP contribution in [-0.4, -0.2) is 10.7 Å². The predicted molar refractivity (Wildman–Crippen MR) is 76.4 cm³/mol. The monoisotopic (exact) mass is 297 g/mol. The van der Waals surface area contributed by atoms with Gasteiger partial charge in [0.15, 0.2) is 0 Å². The molecule has 0 aliphatic carbocycles. The molecule has 0 radical (unpaired) electrons. The first-order valence-corrected chi connectivity index (χ1v) is 7.01. The van der Waals surface area contributed by atoms with Gasteiger partial charge in [0.05, 0.1) is 17.3 Å².